The van der Waals surface area contributed by atoms with Gasteiger partial charge in [-0.3, -0.25) is 4.79 Å². The zero-order chi connectivity index (χ0) is 15.8. The molecule has 0 saturated carbocycles. The van der Waals surface area contributed by atoms with Gasteiger partial charge in [0.25, 0.3) is 5.91 Å². The fraction of sp³-hybridized carbons (Fsp3) is 0.333. The van der Waals surface area contributed by atoms with E-state index in [1.165, 1.54) is 0 Å². The van der Waals surface area contributed by atoms with Gasteiger partial charge < -0.3 is 15.2 Å². The van der Waals surface area contributed by atoms with Crippen LogP contribution >= 0.6 is 0 Å². The first-order chi connectivity index (χ1) is 11.2. The summed E-state index contributed by atoms with van der Waals surface area (Å²) >= 11 is 0. The number of rotatable bonds is 2. The number of hydrogen-bond acceptors (Lipinski definition) is 3. The first kappa shape index (κ1) is 14.2. The molecule has 0 aliphatic carbocycles. The maximum Gasteiger partial charge on any atom is 0.251 e. The van der Waals surface area contributed by atoms with Gasteiger partial charge in [0.15, 0.2) is 0 Å². The largest absolute Gasteiger partial charge is 0.349 e. The van der Waals surface area contributed by atoms with E-state index in [9.17, 15) is 4.79 Å². The molecule has 5 nitrogen and oxygen atoms in total. The van der Waals surface area contributed by atoms with Crippen LogP contribution in [0.15, 0.2) is 36.5 Å². The minimum atomic E-state index is 0.00747. The Morgan fingerprint density at radius 3 is 2.91 bits per heavy atom. The normalized spacial score (nSPS) is 16.9. The number of carbonyl (C=O) groups excluding carboxylic acids is 1. The summed E-state index contributed by atoms with van der Waals surface area (Å²) in [6, 6.07) is 10.1. The molecule has 4 rings (SSSR count). The number of hydrogen-bond donors (Lipinski definition) is 2. The number of aromatic nitrogens is 2. The number of fused-ring (bicyclic) bond motifs is 3. The van der Waals surface area contributed by atoms with Crippen molar-refractivity contribution in [1.82, 2.24) is 20.2 Å². The fourth-order valence-electron chi connectivity index (χ4n) is 3.30. The minimum Gasteiger partial charge on any atom is -0.349 e. The molecule has 23 heavy (non-hydrogen) atoms. The van der Waals surface area contributed by atoms with E-state index in [-0.39, 0.29) is 11.9 Å². The van der Waals surface area contributed by atoms with E-state index < -0.39 is 0 Å². The Kier molecular flexibility index (Phi) is 3.50. The Labute approximate surface area is 134 Å². The Morgan fingerprint density at radius 2 is 2.09 bits per heavy atom. The van der Waals surface area contributed by atoms with E-state index in [0.29, 0.717) is 5.56 Å². The monoisotopic (exact) mass is 308 g/mol. The molecule has 1 aliphatic heterocycles. The van der Waals surface area contributed by atoms with Crippen LogP contribution in [0.4, 0.5) is 0 Å². The quantitative estimate of drug-likeness (QED) is 0.765. The van der Waals surface area contributed by atoms with Crippen molar-refractivity contribution in [3.8, 4) is 0 Å². The van der Waals surface area contributed by atoms with Crippen molar-refractivity contribution in [1.29, 1.82) is 0 Å². The lowest BCUT2D eigenvalue weighted by atomic mass is 10.0. The molecule has 1 saturated heterocycles. The highest BCUT2D eigenvalue weighted by Crippen LogP contribution is 2.24. The van der Waals surface area contributed by atoms with Crippen molar-refractivity contribution in [2.45, 2.75) is 18.9 Å². The van der Waals surface area contributed by atoms with Crippen LogP contribution in [0.5, 0.6) is 0 Å². The van der Waals surface area contributed by atoms with Crippen molar-refractivity contribution >= 4 is 27.8 Å². The standard InChI is InChI=1S/C18H20N4O/c1-22-9-6-13(7-10-22)20-18(23)12-4-5-14-15-3-2-8-19-17(15)21-16(14)11-12/h2-5,8,11,13H,6-7,9-10H2,1H3,(H,19,21)(H,20,23). The van der Waals surface area contributed by atoms with Gasteiger partial charge in [0.2, 0.25) is 0 Å². The number of piperidine rings is 1. The van der Waals surface area contributed by atoms with Gasteiger partial charge in [-0.25, -0.2) is 4.98 Å². The van der Waals surface area contributed by atoms with E-state index in [1.807, 2.05) is 30.3 Å². The van der Waals surface area contributed by atoms with Crippen LogP contribution in [-0.2, 0) is 0 Å². The lowest BCUT2D eigenvalue weighted by Gasteiger charge is -2.29. The van der Waals surface area contributed by atoms with Crippen LogP contribution in [0.25, 0.3) is 21.9 Å². The summed E-state index contributed by atoms with van der Waals surface area (Å²) < 4.78 is 0. The number of carbonyl (C=O) groups is 1. The number of H-pyrrole nitrogens is 1. The van der Waals surface area contributed by atoms with Gasteiger partial charge in [-0.05, 0) is 57.2 Å². The van der Waals surface area contributed by atoms with Gasteiger partial charge in [-0.2, -0.15) is 0 Å². The van der Waals surface area contributed by atoms with E-state index in [1.54, 1.807) is 6.20 Å². The second-order valence-electron chi connectivity index (χ2n) is 6.34. The Hall–Kier alpha value is -2.40. The van der Waals surface area contributed by atoms with Crippen molar-refractivity contribution in [3.63, 3.8) is 0 Å². The third-order valence-corrected chi connectivity index (χ3v) is 4.69. The van der Waals surface area contributed by atoms with Gasteiger partial charge in [0.1, 0.15) is 5.65 Å². The van der Waals surface area contributed by atoms with E-state index in [2.05, 4.69) is 27.2 Å². The minimum absolute atomic E-state index is 0.00747. The predicted octanol–water partition coefficient (Wildman–Crippen LogP) is 2.54. The van der Waals surface area contributed by atoms with Gasteiger partial charge >= 0.3 is 0 Å². The SMILES string of the molecule is CN1CCC(NC(=O)c2ccc3c(c2)[nH]c2ncccc23)CC1. The van der Waals surface area contributed by atoms with Crippen LogP contribution in [0.2, 0.25) is 0 Å². The molecule has 0 spiro atoms. The molecule has 1 fully saturated rings. The molecule has 0 atom stereocenters. The molecule has 3 aromatic rings. The molecule has 0 unspecified atom stereocenters. The number of nitrogens with zero attached hydrogens (tertiary/aromatic N) is 2. The molecule has 2 aromatic heterocycles. The number of pyridine rings is 1. The maximum absolute atomic E-state index is 12.5. The van der Waals surface area contributed by atoms with Crippen LogP contribution in [-0.4, -0.2) is 47.0 Å². The highest BCUT2D eigenvalue weighted by molar-refractivity contribution is 6.08. The number of likely N-dealkylation sites (tertiary alicyclic amines) is 1. The maximum atomic E-state index is 12.5. The van der Waals surface area contributed by atoms with Crippen molar-refractivity contribution in [3.05, 3.63) is 42.1 Å². The van der Waals surface area contributed by atoms with Crippen molar-refractivity contribution in [2.75, 3.05) is 20.1 Å². The Balaban J connectivity index is 1.58. The summed E-state index contributed by atoms with van der Waals surface area (Å²) in [5.41, 5.74) is 2.51. The Bertz CT molecular complexity index is 862. The van der Waals surface area contributed by atoms with Crippen LogP contribution < -0.4 is 5.32 Å². The molecule has 3 heterocycles. The molecule has 5 heteroatoms. The number of aromatic amines is 1. The average Bonchev–Trinajstić information content (AvgIpc) is 2.94. The van der Waals surface area contributed by atoms with E-state index >= 15 is 0 Å². The summed E-state index contributed by atoms with van der Waals surface area (Å²) in [6.45, 7) is 2.08. The zero-order valence-corrected chi connectivity index (χ0v) is 13.2. The smallest absolute Gasteiger partial charge is 0.251 e. The average molecular weight is 308 g/mol. The number of nitrogens with one attached hydrogen (secondary N) is 2. The first-order valence-electron chi connectivity index (χ1n) is 8.06. The Morgan fingerprint density at radius 1 is 1.26 bits per heavy atom. The van der Waals surface area contributed by atoms with Gasteiger partial charge in [0, 0.05) is 34.1 Å². The molecule has 1 amide bonds. The van der Waals surface area contributed by atoms with Crippen LogP contribution in [0.1, 0.15) is 23.2 Å². The lowest BCUT2D eigenvalue weighted by molar-refractivity contribution is 0.0917. The highest BCUT2D eigenvalue weighted by atomic mass is 16.1. The second kappa shape index (κ2) is 5.66. The number of amides is 1. The molecule has 1 aromatic carbocycles. The van der Waals surface area contributed by atoms with Crippen LogP contribution in [0.3, 0.4) is 0 Å². The lowest BCUT2D eigenvalue weighted by Crippen LogP contribution is -2.43. The molecule has 118 valence electrons. The summed E-state index contributed by atoms with van der Waals surface area (Å²) in [6.07, 6.45) is 3.80. The van der Waals surface area contributed by atoms with E-state index in [4.69, 9.17) is 0 Å². The zero-order valence-electron chi connectivity index (χ0n) is 13.2. The summed E-state index contributed by atoms with van der Waals surface area (Å²) in [7, 11) is 2.12. The summed E-state index contributed by atoms with van der Waals surface area (Å²) in [5.74, 6) is 0.00747. The third-order valence-electron chi connectivity index (χ3n) is 4.69. The summed E-state index contributed by atoms with van der Waals surface area (Å²) in [4.78, 5) is 22.4. The van der Waals surface area contributed by atoms with Crippen molar-refractivity contribution in [2.24, 2.45) is 0 Å². The predicted molar refractivity (Wildman–Crippen MR) is 91.6 cm³/mol. The van der Waals surface area contributed by atoms with Gasteiger partial charge in [-0.1, -0.05) is 6.07 Å². The molecule has 1 aliphatic rings. The second-order valence-corrected chi connectivity index (χ2v) is 6.34. The van der Waals surface area contributed by atoms with Gasteiger partial charge in [0.05, 0.1) is 0 Å². The third kappa shape index (κ3) is 2.68. The van der Waals surface area contributed by atoms with Gasteiger partial charge in [-0.15, -0.1) is 0 Å². The first-order valence-corrected chi connectivity index (χ1v) is 8.06. The highest BCUT2D eigenvalue weighted by Gasteiger charge is 2.19. The summed E-state index contributed by atoms with van der Waals surface area (Å²) in [5, 5.41) is 5.35. The fourth-order valence-corrected chi connectivity index (χ4v) is 3.30. The van der Waals surface area contributed by atoms with E-state index in [0.717, 1.165) is 47.9 Å². The van der Waals surface area contributed by atoms with Crippen LogP contribution in [0, 0.1) is 0 Å². The molecular formula is C18H20N4O. The number of benzene rings is 1. The molecule has 2 N–H and O–H groups in total. The molecule has 0 bridgehead atoms. The molecule has 0 radical (unpaired) electrons. The topological polar surface area (TPSA) is 61.0 Å². The molecular weight excluding hydrogens is 288 g/mol. The van der Waals surface area contributed by atoms with Crippen molar-refractivity contribution < 1.29 is 4.79 Å².